The van der Waals surface area contributed by atoms with Crippen LogP contribution in [-0.2, 0) is 9.84 Å². The lowest BCUT2D eigenvalue weighted by Crippen LogP contribution is -2.16. The van der Waals surface area contributed by atoms with E-state index >= 15 is 0 Å². The van der Waals surface area contributed by atoms with Gasteiger partial charge in [0.15, 0.2) is 11.5 Å². The number of benzene rings is 7. The van der Waals surface area contributed by atoms with Crippen LogP contribution in [0.2, 0.25) is 0 Å². The first-order chi connectivity index (χ1) is 24.5. The van der Waals surface area contributed by atoms with E-state index < -0.39 is 9.84 Å². The smallest absolute Gasteiger partial charge is 0.206 e. The summed E-state index contributed by atoms with van der Waals surface area (Å²) in [6.45, 7) is 2.13. The van der Waals surface area contributed by atoms with Crippen molar-refractivity contribution in [2.75, 3.05) is 4.90 Å². The zero-order chi connectivity index (χ0) is 33.8. The second kappa shape index (κ2) is 11.7. The first-order valence-corrected chi connectivity index (χ1v) is 17.9. The van der Waals surface area contributed by atoms with Crippen molar-refractivity contribution in [3.63, 3.8) is 0 Å². The number of rotatable bonds is 5. The predicted octanol–water partition coefficient (Wildman–Crippen LogP) is 11.4. The summed E-state index contributed by atoms with van der Waals surface area (Å²) in [6, 6.07) is 53.0. The van der Waals surface area contributed by atoms with Crippen molar-refractivity contribution < 1.29 is 13.2 Å². The third-order valence-corrected chi connectivity index (χ3v) is 11.2. The molecule has 2 heterocycles. The fourth-order valence-corrected chi connectivity index (χ4v) is 8.28. The molecule has 9 rings (SSSR count). The molecule has 1 aromatic heterocycles. The van der Waals surface area contributed by atoms with Gasteiger partial charge in [-0.1, -0.05) is 103 Å². The van der Waals surface area contributed by atoms with Crippen LogP contribution in [0, 0.1) is 6.92 Å². The van der Waals surface area contributed by atoms with Gasteiger partial charge in [0, 0.05) is 10.9 Å². The van der Waals surface area contributed by atoms with Crippen molar-refractivity contribution in [3.8, 4) is 33.9 Å². The van der Waals surface area contributed by atoms with E-state index in [2.05, 4.69) is 84.6 Å². The zero-order valence-electron chi connectivity index (χ0n) is 27.1. The topological polar surface area (TPSA) is 59.5 Å². The van der Waals surface area contributed by atoms with Gasteiger partial charge in [0.2, 0.25) is 9.84 Å². The summed E-state index contributed by atoms with van der Waals surface area (Å²) in [5, 5.41) is 3.34. The van der Waals surface area contributed by atoms with Gasteiger partial charge in [-0.15, -0.1) is 0 Å². The molecule has 0 saturated heterocycles. The molecule has 0 N–H and O–H groups in total. The van der Waals surface area contributed by atoms with Gasteiger partial charge in [-0.3, -0.25) is 0 Å². The molecule has 240 valence electrons. The number of aryl methyl sites for hydroxylation is 1. The molecule has 0 unspecified atom stereocenters. The molecule has 5 nitrogen and oxygen atoms in total. The lowest BCUT2D eigenvalue weighted by Gasteiger charge is -2.33. The number of anilines is 3. The highest BCUT2D eigenvalue weighted by Gasteiger charge is 2.28. The number of para-hydroxylation sites is 4. The van der Waals surface area contributed by atoms with E-state index in [1.165, 1.54) is 0 Å². The number of pyridine rings is 1. The van der Waals surface area contributed by atoms with Crippen LogP contribution in [0.3, 0.4) is 0 Å². The van der Waals surface area contributed by atoms with Gasteiger partial charge in [0.05, 0.1) is 38.1 Å². The Balaban J connectivity index is 1.32. The van der Waals surface area contributed by atoms with Gasteiger partial charge in [-0.2, -0.15) is 0 Å². The number of fused-ring (bicyclic) bond motifs is 4. The van der Waals surface area contributed by atoms with Crippen LogP contribution in [0.15, 0.2) is 174 Å². The van der Waals surface area contributed by atoms with Crippen molar-refractivity contribution in [1.29, 1.82) is 0 Å². The van der Waals surface area contributed by atoms with Crippen LogP contribution in [0.1, 0.15) is 5.56 Å². The third-order valence-electron chi connectivity index (χ3n) is 9.41. The summed E-state index contributed by atoms with van der Waals surface area (Å²) in [5.41, 5.74) is 8.40. The molecule has 0 spiro atoms. The summed E-state index contributed by atoms with van der Waals surface area (Å²) in [7, 11) is -3.67. The fourth-order valence-electron chi connectivity index (χ4n) is 7.00. The first kappa shape index (κ1) is 29.9. The summed E-state index contributed by atoms with van der Waals surface area (Å²) in [4.78, 5) is 8.14. The van der Waals surface area contributed by atoms with Crippen LogP contribution < -0.4 is 9.64 Å². The van der Waals surface area contributed by atoms with E-state index in [-0.39, 0.29) is 9.79 Å². The highest BCUT2D eigenvalue weighted by atomic mass is 32.2. The van der Waals surface area contributed by atoms with E-state index in [9.17, 15) is 8.42 Å². The van der Waals surface area contributed by atoms with Gasteiger partial charge in [-0.25, -0.2) is 13.4 Å². The molecule has 0 fully saturated rings. The van der Waals surface area contributed by atoms with E-state index in [1.54, 1.807) is 36.4 Å². The highest BCUT2D eigenvalue weighted by Crippen LogP contribution is 2.52. The van der Waals surface area contributed by atoms with Crippen LogP contribution >= 0.6 is 0 Å². The Morgan fingerprint density at radius 2 is 1.18 bits per heavy atom. The predicted molar refractivity (Wildman–Crippen MR) is 202 cm³/mol. The molecule has 1 aliphatic rings. The Hall–Kier alpha value is -6.24. The average Bonchev–Trinajstić information content (AvgIpc) is 3.17. The maximum absolute atomic E-state index is 13.4. The van der Waals surface area contributed by atoms with Crippen LogP contribution in [-0.4, -0.2) is 13.4 Å². The van der Waals surface area contributed by atoms with Crippen molar-refractivity contribution in [2.45, 2.75) is 16.7 Å². The van der Waals surface area contributed by atoms with Crippen LogP contribution in [0.4, 0.5) is 17.1 Å². The molecule has 0 saturated carbocycles. The third kappa shape index (κ3) is 4.84. The fraction of sp³-hybridized carbons (Fsp3) is 0.0227. The molecule has 50 heavy (non-hydrogen) atoms. The molecular formula is C44H30N2O3S. The SMILES string of the molecule is Cc1ccc(N2c3ccccc3Oc3ccccc32)c2nc(-c3ccc(S(=O)(=O)c4ccccc4)cc3)cc(-c3cccc4ccccc34)c12. The van der Waals surface area contributed by atoms with Crippen molar-refractivity contribution >= 4 is 48.6 Å². The van der Waals surface area contributed by atoms with E-state index in [0.29, 0.717) is 0 Å². The first-order valence-electron chi connectivity index (χ1n) is 16.5. The van der Waals surface area contributed by atoms with E-state index in [4.69, 9.17) is 9.72 Å². The maximum atomic E-state index is 13.4. The molecular weight excluding hydrogens is 637 g/mol. The van der Waals surface area contributed by atoms with E-state index in [1.807, 2.05) is 54.6 Å². The number of hydrogen-bond acceptors (Lipinski definition) is 5. The van der Waals surface area contributed by atoms with Gasteiger partial charge in [0.25, 0.3) is 0 Å². The number of hydrogen-bond donors (Lipinski definition) is 0. The number of nitrogens with zero attached hydrogens (tertiary/aromatic N) is 2. The summed E-state index contributed by atoms with van der Waals surface area (Å²) < 4.78 is 33.3. The quantitative estimate of drug-likeness (QED) is 0.183. The lowest BCUT2D eigenvalue weighted by molar-refractivity contribution is 0.477. The second-order valence-corrected chi connectivity index (χ2v) is 14.4. The molecule has 0 bridgehead atoms. The molecule has 0 aliphatic carbocycles. The Morgan fingerprint density at radius 1 is 0.560 bits per heavy atom. The molecule has 7 aromatic carbocycles. The molecule has 0 radical (unpaired) electrons. The lowest BCUT2D eigenvalue weighted by atomic mass is 9.91. The minimum Gasteiger partial charge on any atom is -0.453 e. The van der Waals surface area contributed by atoms with Gasteiger partial charge >= 0.3 is 0 Å². The van der Waals surface area contributed by atoms with E-state index in [0.717, 1.165) is 78.2 Å². The Labute approximate surface area is 290 Å². The Kier molecular flexibility index (Phi) is 7.00. The largest absolute Gasteiger partial charge is 0.453 e. The zero-order valence-corrected chi connectivity index (χ0v) is 27.9. The minimum atomic E-state index is -3.67. The summed E-state index contributed by atoms with van der Waals surface area (Å²) in [5.74, 6) is 1.53. The highest BCUT2D eigenvalue weighted by molar-refractivity contribution is 7.91. The number of sulfone groups is 1. The number of aromatic nitrogens is 1. The van der Waals surface area contributed by atoms with Gasteiger partial charge < -0.3 is 9.64 Å². The Morgan fingerprint density at radius 3 is 1.92 bits per heavy atom. The normalized spacial score (nSPS) is 12.4. The van der Waals surface area contributed by atoms with Crippen molar-refractivity contribution in [3.05, 3.63) is 169 Å². The average molecular weight is 667 g/mol. The minimum absolute atomic E-state index is 0.237. The Bertz CT molecular complexity index is 2660. The second-order valence-electron chi connectivity index (χ2n) is 12.4. The molecule has 1 aliphatic heterocycles. The van der Waals surface area contributed by atoms with Crippen LogP contribution in [0.25, 0.3) is 44.1 Å². The maximum Gasteiger partial charge on any atom is 0.206 e. The van der Waals surface area contributed by atoms with Gasteiger partial charge in [0.1, 0.15) is 0 Å². The molecule has 0 amide bonds. The van der Waals surface area contributed by atoms with Crippen LogP contribution in [0.5, 0.6) is 11.5 Å². The molecule has 0 atom stereocenters. The van der Waals surface area contributed by atoms with Gasteiger partial charge in [-0.05, 0) is 95.1 Å². The monoisotopic (exact) mass is 666 g/mol. The molecule has 8 aromatic rings. The summed E-state index contributed by atoms with van der Waals surface area (Å²) >= 11 is 0. The molecule has 6 heteroatoms. The summed E-state index contributed by atoms with van der Waals surface area (Å²) in [6.07, 6.45) is 0. The standard InChI is InChI=1S/C44H30N2O3S/c1-29-22-27-40(46-38-18-7-9-20-41(38)49-42-21-10-8-19-39(42)46)44-43(29)36(35-17-11-13-30-12-5-6-16-34(30)35)28-37(45-44)31-23-25-33(26-24-31)50(47,48)32-14-3-2-4-15-32/h2-28H,1H3. The van der Waals surface area contributed by atoms with Crippen molar-refractivity contribution in [2.24, 2.45) is 0 Å². The van der Waals surface area contributed by atoms with Crippen molar-refractivity contribution in [1.82, 2.24) is 4.98 Å². The number of ether oxygens (including phenoxy) is 1.